The second-order valence-electron chi connectivity index (χ2n) is 6.54. The summed E-state index contributed by atoms with van der Waals surface area (Å²) in [4.78, 5) is 0.253. The van der Waals surface area contributed by atoms with E-state index in [1.807, 2.05) is 0 Å². The normalized spacial score (nSPS) is 17.3. The van der Waals surface area contributed by atoms with Crippen molar-refractivity contribution >= 4 is 10.0 Å². The van der Waals surface area contributed by atoms with Crippen LogP contribution in [-0.4, -0.2) is 37.3 Å². The molecule has 1 aromatic heterocycles. The van der Waals surface area contributed by atoms with Crippen LogP contribution >= 0.6 is 0 Å². The quantitative estimate of drug-likeness (QED) is 0.675. The van der Waals surface area contributed by atoms with E-state index in [1.54, 1.807) is 10.9 Å². The lowest BCUT2D eigenvalue weighted by Gasteiger charge is -2.09. The van der Waals surface area contributed by atoms with Crippen LogP contribution in [0.25, 0.3) is 0 Å². The molecule has 0 spiro atoms. The standard InChI is InChI=1S/C14H26N4O2S/c1-12(2)15-7-4-8-18-10-13(9-16-18)21(19,20)17-11-14(3)5-6-14/h9-10,12,15,17H,4-8,11H2,1-3H3. The SMILES string of the molecule is CC(C)NCCCn1cc(S(=O)(=O)NCC2(C)CC2)cn1. The van der Waals surface area contributed by atoms with Crippen molar-refractivity contribution < 1.29 is 8.42 Å². The minimum atomic E-state index is -3.43. The van der Waals surface area contributed by atoms with E-state index in [0.717, 1.165) is 25.8 Å². The molecule has 2 N–H and O–H groups in total. The molecule has 6 nitrogen and oxygen atoms in total. The lowest BCUT2D eigenvalue weighted by atomic mass is 10.2. The molecule has 1 saturated carbocycles. The van der Waals surface area contributed by atoms with Crippen molar-refractivity contribution in [3.8, 4) is 0 Å². The minimum Gasteiger partial charge on any atom is -0.314 e. The topological polar surface area (TPSA) is 76.0 Å². The molecule has 0 amide bonds. The summed E-state index contributed by atoms with van der Waals surface area (Å²) >= 11 is 0. The van der Waals surface area contributed by atoms with Gasteiger partial charge in [0.2, 0.25) is 10.0 Å². The molecule has 0 atom stereocenters. The lowest BCUT2D eigenvalue weighted by molar-refractivity contribution is 0.512. The summed E-state index contributed by atoms with van der Waals surface area (Å²) in [6.07, 6.45) is 6.14. The Morgan fingerprint density at radius 2 is 2.14 bits per heavy atom. The number of nitrogens with zero attached hydrogens (tertiary/aromatic N) is 2. The van der Waals surface area contributed by atoms with Crippen LogP contribution in [0.2, 0.25) is 0 Å². The molecule has 2 rings (SSSR count). The van der Waals surface area contributed by atoms with Crippen molar-refractivity contribution in [1.29, 1.82) is 0 Å². The monoisotopic (exact) mass is 314 g/mol. The average Bonchev–Trinajstić information content (AvgIpc) is 2.96. The summed E-state index contributed by atoms with van der Waals surface area (Å²) in [6.45, 7) is 8.43. The van der Waals surface area contributed by atoms with E-state index < -0.39 is 10.0 Å². The maximum atomic E-state index is 12.2. The number of aromatic nitrogens is 2. The molecule has 7 heteroatoms. The van der Waals surface area contributed by atoms with E-state index in [-0.39, 0.29) is 10.3 Å². The Labute approximate surface area is 127 Å². The van der Waals surface area contributed by atoms with E-state index in [9.17, 15) is 8.42 Å². The van der Waals surface area contributed by atoms with Crippen molar-refractivity contribution in [2.24, 2.45) is 5.41 Å². The molecule has 120 valence electrons. The highest BCUT2D eigenvalue weighted by molar-refractivity contribution is 7.89. The van der Waals surface area contributed by atoms with E-state index >= 15 is 0 Å². The van der Waals surface area contributed by atoms with Crippen LogP contribution < -0.4 is 10.0 Å². The van der Waals surface area contributed by atoms with Crippen molar-refractivity contribution in [2.45, 2.75) is 57.5 Å². The van der Waals surface area contributed by atoms with Gasteiger partial charge in [-0.3, -0.25) is 4.68 Å². The van der Waals surface area contributed by atoms with Gasteiger partial charge in [0, 0.05) is 25.3 Å². The Morgan fingerprint density at radius 3 is 2.76 bits per heavy atom. The zero-order valence-electron chi connectivity index (χ0n) is 13.1. The first-order valence-electron chi connectivity index (χ1n) is 7.56. The zero-order valence-corrected chi connectivity index (χ0v) is 13.9. The molecule has 0 radical (unpaired) electrons. The predicted molar refractivity (Wildman–Crippen MR) is 82.5 cm³/mol. The molecule has 1 aliphatic rings. The minimum absolute atomic E-state index is 0.158. The Balaban J connectivity index is 1.83. The second-order valence-corrected chi connectivity index (χ2v) is 8.30. The van der Waals surface area contributed by atoms with Crippen LogP contribution in [0.15, 0.2) is 17.3 Å². The third-order valence-electron chi connectivity index (χ3n) is 3.83. The van der Waals surface area contributed by atoms with E-state index in [1.165, 1.54) is 6.20 Å². The molecular weight excluding hydrogens is 288 g/mol. The first-order valence-corrected chi connectivity index (χ1v) is 9.05. The number of hydrogen-bond acceptors (Lipinski definition) is 4. The van der Waals surface area contributed by atoms with Gasteiger partial charge >= 0.3 is 0 Å². The number of hydrogen-bond donors (Lipinski definition) is 2. The van der Waals surface area contributed by atoms with Gasteiger partial charge in [-0.05, 0) is 31.2 Å². The molecule has 1 aromatic rings. The maximum absolute atomic E-state index is 12.2. The van der Waals surface area contributed by atoms with Crippen LogP contribution in [0.1, 0.15) is 40.0 Å². The highest BCUT2D eigenvalue weighted by Gasteiger charge is 2.38. The van der Waals surface area contributed by atoms with Crippen molar-refractivity contribution in [2.75, 3.05) is 13.1 Å². The number of nitrogens with one attached hydrogen (secondary N) is 2. The Hall–Kier alpha value is -0.920. The Kier molecular flexibility index (Phi) is 5.06. The largest absolute Gasteiger partial charge is 0.314 e. The molecule has 0 saturated heterocycles. The van der Waals surface area contributed by atoms with Crippen molar-refractivity contribution in [3.63, 3.8) is 0 Å². The molecule has 1 fully saturated rings. The molecule has 0 bridgehead atoms. The van der Waals surface area contributed by atoms with E-state index in [4.69, 9.17) is 0 Å². The highest BCUT2D eigenvalue weighted by atomic mass is 32.2. The highest BCUT2D eigenvalue weighted by Crippen LogP contribution is 2.44. The van der Waals surface area contributed by atoms with Gasteiger partial charge in [-0.2, -0.15) is 5.10 Å². The summed E-state index contributed by atoms with van der Waals surface area (Å²) in [5.41, 5.74) is 0.158. The van der Waals surface area contributed by atoms with Gasteiger partial charge in [0.25, 0.3) is 0 Å². The summed E-state index contributed by atoms with van der Waals surface area (Å²) < 4.78 is 28.7. The number of rotatable bonds is 9. The third-order valence-corrected chi connectivity index (χ3v) is 5.18. The van der Waals surface area contributed by atoms with Gasteiger partial charge in [-0.25, -0.2) is 13.1 Å². The summed E-state index contributed by atoms with van der Waals surface area (Å²) in [7, 11) is -3.43. The summed E-state index contributed by atoms with van der Waals surface area (Å²) in [5, 5.41) is 7.45. The van der Waals surface area contributed by atoms with Crippen molar-refractivity contribution in [1.82, 2.24) is 19.8 Å². The summed E-state index contributed by atoms with van der Waals surface area (Å²) in [6, 6.07) is 0.464. The van der Waals surface area contributed by atoms with Crippen LogP contribution in [0, 0.1) is 5.41 Å². The zero-order chi connectivity index (χ0) is 15.5. The van der Waals surface area contributed by atoms with Gasteiger partial charge < -0.3 is 5.32 Å². The second kappa shape index (κ2) is 6.46. The van der Waals surface area contributed by atoms with Gasteiger partial charge in [0.15, 0.2) is 0 Å². The fourth-order valence-corrected chi connectivity index (χ4v) is 3.13. The van der Waals surface area contributed by atoms with E-state index in [2.05, 4.69) is 35.9 Å². The predicted octanol–water partition coefficient (Wildman–Crippen LogP) is 1.35. The molecule has 1 aliphatic carbocycles. The first kappa shape index (κ1) is 16.5. The molecule has 0 unspecified atom stereocenters. The maximum Gasteiger partial charge on any atom is 0.243 e. The summed E-state index contributed by atoms with van der Waals surface area (Å²) in [5.74, 6) is 0. The van der Waals surface area contributed by atoms with Crippen molar-refractivity contribution in [3.05, 3.63) is 12.4 Å². The van der Waals surface area contributed by atoms with Crippen LogP contribution in [0.4, 0.5) is 0 Å². The lowest BCUT2D eigenvalue weighted by Crippen LogP contribution is -2.28. The number of sulfonamides is 1. The molecule has 21 heavy (non-hydrogen) atoms. The average molecular weight is 314 g/mol. The smallest absolute Gasteiger partial charge is 0.243 e. The molecular formula is C14H26N4O2S. The van der Waals surface area contributed by atoms with Crippen LogP contribution in [0.5, 0.6) is 0 Å². The van der Waals surface area contributed by atoms with Gasteiger partial charge in [-0.15, -0.1) is 0 Å². The van der Waals surface area contributed by atoms with Gasteiger partial charge in [0.1, 0.15) is 4.90 Å². The first-order chi connectivity index (χ1) is 9.81. The van der Waals surface area contributed by atoms with Crippen LogP contribution in [-0.2, 0) is 16.6 Å². The molecule has 1 heterocycles. The Bertz CT molecular complexity index is 561. The molecule has 0 aliphatic heterocycles. The third kappa shape index (κ3) is 5.09. The fraction of sp³-hybridized carbons (Fsp3) is 0.786. The van der Waals surface area contributed by atoms with E-state index in [0.29, 0.717) is 19.1 Å². The molecule has 0 aromatic carbocycles. The Morgan fingerprint density at radius 1 is 1.43 bits per heavy atom. The fourth-order valence-electron chi connectivity index (χ4n) is 1.98. The van der Waals surface area contributed by atoms with Crippen LogP contribution in [0.3, 0.4) is 0 Å². The number of aryl methyl sites for hydroxylation is 1. The van der Waals surface area contributed by atoms with Gasteiger partial charge in [0.05, 0.1) is 6.20 Å². The van der Waals surface area contributed by atoms with Gasteiger partial charge in [-0.1, -0.05) is 20.8 Å².